The zero-order valence-corrected chi connectivity index (χ0v) is 16.0. The third-order valence-electron chi connectivity index (χ3n) is 3.05. The molecule has 1 heterocycles. The molecule has 1 atom stereocenters. The fourth-order valence-electron chi connectivity index (χ4n) is 1.90. The van der Waals surface area contributed by atoms with Crippen LogP contribution in [0.1, 0.15) is 56.7 Å². The third-order valence-corrected chi connectivity index (χ3v) is 3.36. The monoisotopic (exact) mass is 386 g/mol. The van der Waals surface area contributed by atoms with Crippen LogP contribution in [0.3, 0.4) is 0 Å². The molecule has 0 saturated heterocycles. The molecule has 0 bridgehead atoms. The maximum absolute atomic E-state index is 12.3. The van der Waals surface area contributed by atoms with E-state index in [2.05, 4.69) is 15.7 Å². The molecule has 0 spiro atoms. The Balaban J connectivity index is 2.78. The molecule has 0 fully saturated rings. The summed E-state index contributed by atoms with van der Waals surface area (Å²) >= 11 is 6.04. The molecule has 26 heavy (non-hydrogen) atoms. The highest BCUT2D eigenvalue weighted by molar-refractivity contribution is 6.31. The van der Waals surface area contributed by atoms with Gasteiger partial charge in [-0.05, 0) is 40.7 Å². The Morgan fingerprint density at radius 1 is 1.38 bits per heavy atom. The summed E-state index contributed by atoms with van der Waals surface area (Å²) in [5.41, 5.74) is 1.90. The Bertz CT molecular complexity index is 690. The number of nitrogens with one attached hydrogen (secondary N) is 2. The number of pyridine rings is 1. The molecule has 1 aromatic heterocycles. The van der Waals surface area contributed by atoms with E-state index in [0.29, 0.717) is 5.69 Å². The number of carboxylic acid groups (broad SMARTS) is 1. The Labute approximate surface area is 156 Å². The number of carbonyl (C=O) groups excluding carboxylic acids is 2. The van der Waals surface area contributed by atoms with E-state index in [9.17, 15) is 14.4 Å². The van der Waals surface area contributed by atoms with Gasteiger partial charge in [-0.2, -0.15) is 0 Å². The summed E-state index contributed by atoms with van der Waals surface area (Å²) in [5, 5.41) is 12.7. The first kappa shape index (κ1) is 21.5. The Hall–Kier alpha value is -2.55. The van der Waals surface area contributed by atoms with E-state index in [0.717, 1.165) is 11.2 Å². The van der Waals surface area contributed by atoms with Crippen LogP contribution >= 0.6 is 11.6 Å². The third kappa shape index (κ3) is 6.40. The molecule has 3 amide bonds. The summed E-state index contributed by atoms with van der Waals surface area (Å²) < 4.78 is 5.10. The smallest absolute Gasteiger partial charge is 0.426 e. The fourth-order valence-corrected chi connectivity index (χ4v) is 2.23. The summed E-state index contributed by atoms with van der Waals surface area (Å²) in [5.74, 6) is -1.15. The second-order valence-electron chi connectivity index (χ2n) is 6.43. The maximum atomic E-state index is 12.3. The van der Waals surface area contributed by atoms with Crippen molar-refractivity contribution >= 4 is 29.7 Å². The molecule has 10 heteroatoms. The summed E-state index contributed by atoms with van der Waals surface area (Å²) in [6, 6.07) is 0.0455. The van der Waals surface area contributed by atoms with E-state index >= 15 is 0 Å². The number of aromatic carboxylic acids is 1. The number of halogens is 1. The zero-order valence-electron chi connectivity index (χ0n) is 15.3. The number of hydrogen-bond donors (Lipinski definition) is 3. The predicted molar refractivity (Wildman–Crippen MR) is 94.9 cm³/mol. The van der Waals surface area contributed by atoms with E-state index < -0.39 is 29.7 Å². The van der Waals surface area contributed by atoms with Gasteiger partial charge in [0.1, 0.15) is 5.60 Å². The zero-order chi connectivity index (χ0) is 20.1. The highest BCUT2D eigenvalue weighted by atomic mass is 35.5. The number of ether oxygens (including phenoxy) is 1. The lowest BCUT2D eigenvalue weighted by Crippen LogP contribution is -2.52. The summed E-state index contributed by atoms with van der Waals surface area (Å²) in [7, 11) is 0. The normalized spacial score (nSPS) is 12.1. The summed E-state index contributed by atoms with van der Waals surface area (Å²) in [6.45, 7) is 8.62. The summed E-state index contributed by atoms with van der Waals surface area (Å²) in [4.78, 5) is 39.0. The number of rotatable bonds is 4. The predicted octanol–water partition coefficient (Wildman–Crippen LogP) is 2.97. The van der Waals surface area contributed by atoms with E-state index in [1.54, 1.807) is 34.6 Å². The van der Waals surface area contributed by atoms with Crippen LogP contribution in [0.2, 0.25) is 5.02 Å². The van der Waals surface area contributed by atoms with Crippen molar-refractivity contribution in [3.63, 3.8) is 0 Å². The second-order valence-corrected chi connectivity index (χ2v) is 6.83. The molecule has 0 saturated carbocycles. The molecule has 0 aliphatic carbocycles. The SMILES string of the molecule is CCN(NC(=O)OC(C)(C)C)C(=O)N[C@H](C)c1ncc(C(=O)O)cc1Cl. The van der Waals surface area contributed by atoms with Gasteiger partial charge < -0.3 is 15.2 Å². The van der Waals surface area contributed by atoms with Gasteiger partial charge in [0.2, 0.25) is 0 Å². The molecule has 144 valence electrons. The number of carbonyl (C=O) groups is 3. The molecule has 0 aromatic carbocycles. The topological polar surface area (TPSA) is 121 Å². The molecule has 9 nitrogen and oxygen atoms in total. The Morgan fingerprint density at radius 2 is 2.00 bits per heavy atom. The first-order valence-corrected chi connectivity index (χ1v) is 8.28. The Kier molecular flexibility index (Phi) is 7.19. The van der Waals surface area contributed by atoms with Crippen LogP contribution in [0, 0.1) is 0 Å². The number of urea groups is 1. The average molecular weight is 387 g/mol. The number of aromatic nitrogens is 1. The first-order valence-electron chi connectivity index (χ1n) is 7.91. The lowest BCUT2D eigenvalue weighted by molar-refractivity contribution is 0.0381. The maximum Gasteiger partial charge on any atom is 0.426 e. The van der Waals surface area contributed by atoms with Crippen molar-refractivity contribution in [1.82, 2.24) is 20.7 Å². The van der Waals surface area contributed by atoms with E-state index in [4.69, 9.17) is 21.4 Å². The van der Waals surface area contributed by atoms with Gasteiger partial charge in [0.05, 0.1) is 22.3 Å². The van der Waals surface area contributed by atoms with Crippen LogP contribution < -0.4 is 10.7 Å². The molecular formula is C16H23ClN4O5. The molecule has 0 radical (unpaired) electrons. The van der Waals surface area contributed by atoms with Gasteiger partial charge in [-0.15, -0.1) is 0 Å². The van der Waals surface area contributed by atoms with E-state index in [1.165, 1.54) is 6.07 Å². The van der Waals surface area contributed by atoms with Crippen LogP contribution in [-0.4, -0.2) is 45.3 Å². The van der Waals surface area contributed by atoms with E-state index in [-0.39, 0.29) is 17.1 Å². The van der Waals surface area contributed by atoms with Crippen molar-refractivity contribution in [1.29, 1.82) is 0 Å². The van der Waals surface area contributed by atoms with Crippen molar-refractivity contribution in [3.05, 3.63) is 28.5 Å². The number of hydrogen-bond acceptors (Lipinski definition) is 5. The first-order chi connectivity index (χ1) is 11.9. The number of hydrazine groups is 1. The van der Waals surface area contributed by atoms with Gasteiger partial charge in [-0.1, -0.05) is 11.6 Å². The molecule has 1 rings (SSSR count). The van der Waals surface area contributed by atoms with Crippen LogP contribution in [0.4, 0.5) is 9.59 Å². The van der Waals surface area contributed by atoms with Crippen molar-refractivity contribution in [2.45, 2.75) is 46.3 Å². The number of nitrogens with zero attached hydrogens (tertiary/aromatic N) is 2. The minimum Gasteiger partial charge on any atom is -0.478 e. The van der Waals surface area contributed by atoms with Crippen molar-refractivity contribution < 1.29 is 24.2 Å². The molecule has 3 N–H and O–H groups in total. The highest BCUT2D eigenvalue weighted by Crippen LogP contribution is 2.21. The van der Waals surface area contributed by atoms with Crippen molar-refractivity contribution in [2.24, 2.45) is 0 Å². The number of carboxylic acids is 1. The summed E-state index contributed by atoms with van der Waals surface area (Å²) in [6.07, 6.45) is 0.395. The molecule has 0 aliphatic rings. The van der Waals surface area contributed by atoms with Gasteiger partial charge in [0, 0.05) is 12.7 Å². The number of amides is 3. The fraction of sp³-hybridized carbons (Fsp3) is 0.500. The van der Waals surface area contributed by atoms with Crippen LogP contribution in [0.15, 0.2) is 12.3 Å². The minimum atomic E-state index is -1.15. The lowest BCUT2D eigenvalue weighted by atomic mass is 10.2. The molecule has 0 aliphatic heterocycles. The highest BCUT2D eigenvalue weighted by Gasteiger charge is 2.23. The van der Waals surface area contributed by atoms with Crippen LogP contribution in [0.25, 0.3) is 0 Å². The molecule has 0 unspecified atom stereocenters. The molecule has 1 aromatic rings. The quantitative estimate of drug-likeness (QED) is 0.684. The van der Waals surface area contributed by atoms with Gasteiger partial charge in [-0.3, -0.25) is 4.98 Å². The van der Waals surface area contributed by atoms with Gasteiger partial charge in [0.15, 0.2) is 0 Å². The minimum absolute atomic E-state index is 0.0564. The van der Waals surface area contributed by atoms with Gasteiger partial charge >= 0.3 is 18.1 Å². The lowest BCUT2D eigenvalue weighted by Gasteiger charge is -2.26. The van der Waals surface area contributed by atoms with Crippen LogP contribution in [0.5, 0.6) is 0 Å². The molecular weight excluding hydrogens is 364 g/mol. The largest absolute Gasteiger partial charge is 0.478 e. The van der Waals surface area contributed by atoms with E-state index in [1.807, 2.05) is 0 Å². The van der Waals surface area contributed by atoms with Crippen LogP contribution in [-0.2, 0) is 4.74 Å². The second kappa shape index (κ2) is 8.70. The average Bonchev–Trinajstić information content (AvgIpc) is 2.50. The van der Waals surface area contributed by atoms with Gasteiger partial charge in [0.25, 0.3) is 0 Å². The van der Waals surface area contributed by atoms with Gasteiger partial charge in [-0.25, -0.2) is 24.8 Å². The van der Waals surface area contributed by atoms with Crippen molar-refractivity contribution in [3.8, 4) is 0 Å². The standard InChI is InChI=1S/C16H23ClN4O5/c1-6-21(20-15(25)26-16(3,4)5)14(24)19-9(2)12-11(17)7-10(8-18-12)13(22)23/h7-9H,6H2,1-5H3,(H,19,24)(H,20,25)(H,22,23)/t9-/m1/s1. The Morgan fingerprint density at radius 3 is 2.46 bits per heavy atom. The van der Waals surface area contributed by atoms with Crippen molar-refractivity contribution in [2.75, 3.05) is 6.54 Å².